The van der Waals surface area contributed by atoms with Crippen LogP contribution in [-0.2, 0) is 21.2 Å². The van der Waals surface area contributed by atoms with Crippen LogP contribution in [0.15, 0.2) is 16.3 Å². The quantitative estimate of drug-likeness (QED) is 0.803. The van der Waals surface area contributed by atoms with E-state index >= 15 is 0 Å². The van der Waals surface area contributed by atoms with E-state index in [1.165, 1.54) is 17.4 Å². The number of carbonyl (C=O) groups is 1. The molecule has 7 heteroatoms. The van der Waals surface area contributed by atoms with Gasteiger partial charge < -0.3 is 5.11 Å². The van der Waals surface area contributed by atoms with Crippen LogP contribution >= 0.6 is 11.3 Å². The molecule has 0 saturated carbocycles. The first-order chi connectivity index (χ1) is 8.40. The van der Waals surface area contributed by atoms with Crippen molar-refractivity contribution in [2.24, 2.45) is 0 Å². The fourth-order valence-corrected chi connectivity index (χ4v) is 4.00. The summed E-state index contributed by atoms with van der Waals surface area (Å²) in [5, 5.41) is 8.94. The minimum atomic E-state index is -3.73. The smallest absolute Gasteiger partial charge is 0.321 e. The Balaban J connectivity index is 2.89. The second-order valence-corrected chi connectivity index (χ2v) is 6.98. The number of carboxylic acid groups (broad SMARTS) is 1. The van der Waals surface area contributed by atoms with Crippen molar-refractivity contribution in [2.75, 3.05) is 0 Å². The molecule has 0 bridgehead atoms. The van der Waals surface area contributed by atoms with E-state index in [-0.39, 0.29) is 10.6 Å². The Morgan fingerprint density at radius 3 is 2.56 bits per heavy atom. The maximum atomic E-state index is 12.0. The van der Waals surface area contributed by atoms with Gasteiger partial charge in [-0.2, -0.15) is 4.72 Å². The first-order valence-electron chi connectivity index (χ1n) is 5.74. The first kappa shape index (κ1) is 15.1. The summed E-state index contributed by atoms with van der Waals surface area (Å²) < 4.78 is 26.4. The van der Waals surface area contributed by atoms with Crippen molar-refractivity contribution in [2.45, 2.75) is 43.4 Å². The van der Waals surface area contributed by atoms with Gasteiger partial charge in [-0.3, -0.25) is 4.79 Å². The van der Waals surface area contributed by atoms with E-state index in [9.17, 15) is 13.2 Å². The van der Waals surface area contributed by atoms with Crippen LogP contribution in [0.3, 0.4) is 0 Å². The summed E-state index contributed by atoms with van der Waals surface area (Å²) in [5.74, 6) is -1.15. The van der Waals surface area contributed by atoms with Gasteiger partial charge >= 0.3 is 5.97 Å². The predicted molar refractivity (Wildman–Crippen MR) is 70.4 cm³/mol. The molecule has 1 aromatic rings. The third kappa shape index (κ3) is 3.79. The fourth-order valence-electron chi connectivity index (χ4n) is 1.46. The Morgan fingerprint density at radius 2 is 2.11 bits per heavy atom. The molecule has 0 fully saturated rings. The summed E-state index contributed by atoms with van der Waals surface area (Å²) in [6, 6.07) is 2.19. The highest BCUT2D eigenvalue weighted by molar-refractivity contribution is 7.91. The average molecular weight is 291 g/mol. The predicted octanol–water partition coefficient (Wildman–Crippen LogP) is 1.84. The highest BCUT2D eigenvalue weighted by Gasteiger charge is 2.25. The maximum absolute atomic E-state index is 12.0. The Hall–Kier alpha value is -0.920. The summed E-state index contributed by atoms with van der Waals surface area (Å²) in [5.41, 5.74) is 0. The number of carboxylic acids is 1. The molecule has 0 radical (unpaired) electrons. The standard InChI is InChI=1S/C11H17NO4S2/c1-3-5-9(11(13)14)12-18(15,16)10-7-6-8(4-2)17-10/h6-7,9,12H,3-5H2,1-2H3,(H,13,14)/t9-/m1/s1. The van der Waals surface area contributed by atoms with Crippen LogP contribution in [0.2, 0.25) is 0 Å². The molecule has 0 aromatic carbocycles. The zero-order valence-electron chi connectivity index (χ0n) is 10.3. The SMILES string of the molecule is CCC[C@@H](NS(=O)(=O)c1ccc(CC)s1)C(=O)O. The average Bonchev–Trinajstić information content (AvgIpc) is 2.77. The lowest BCUT2D eigenvalue weighted by molar-refractivity contribution is -0.139. The van der Waals surface area contributed by atoms with Gasteiger partial charge in [-0.05, 0) is 25.0 Å². The van der Waals surface area contributed by atoms with Gasteiger partial charge in [-0.15, -0.1) is 11.3 Å². The lowest BCUT2D eigenvalue weighted by atomic mass is 10.2. The molecule has 1 heterocycles. The number of hydrogen-bond acceptors (Lipinski definition) is 4. The molecule has 18 heavy (non-hydrogen) atoms. The minimum absolute atomic E-state index is 0.168. The molecular formula is C11H17NO4S2. The normalized spacial score (nSPS) is 13.4. The molecule has 102 valence electrons. The van der Waals surface area contributed by atoms with E-state index in [2.05, 4.69) is 4.72 Å². The van der Waals surface area contributed by atoms with E-state index in [1.54, 1.807) is 6.07 Å². The van der Waals surface area contributed by atoms with Crippen LogP contribution in [0.5, 0.6) is 0 Å². The number of sulfonamides is 1. The van der Waals surface area contributed by atoms with Gasteiger partial charge in [0.15, 0.2) is 0 Å². The molecule has 0 aliphatic heterocycles. The Bertz CT molecular complexity index is 507. The fraction of sp³-hybridized carbons (Fsp3) is 0.545. The summed E-state index contributed by atoms with van der Waals surface area (Å²) in [4.78, 5) is 11.9. The molecule has 0 aliphatic carbocycles. The van der Waals surface area contributed by atoms with E-state index in [0.717, 1.165) is 11.3 Å². The van der Waals surface area contributed by atoms with Gasteiger partial charge in [0, 0.05) is 4.88 Å². The topological polar surface area (TPSA) is 83.5 Å². The molecule has 0 unspecified atom stereocenters. The van der Waals surface area contributed by atoms with Crippen molar-refractivity contribution < 1.29 is 18.3 Å². The number of rotatable bonds is 7. The summed E-state index contributed by atoms with van der Waals surface area (Å²) in [6.45, 7) is 3.75. The Labute approximate surface area is 111 Å². The number of thiophene rings is 1. The summed E-state index contributed by atoms with van der Waals surface area (Å²) in [7, 11) is -3.73. The van der Waals surface area contributed by atoms with Crippen molar-refractivity contribution in [1.29, 1.82) is 0 Å². The number of aryl methyl sites for hydroxylation is 1. The van der Waals surface area contributed by atoms with Crippen LogP contribution in [0.4, 0.5) is 0 Å². The zero-order chi connectivity index (χ0) is 13.8. The molecule has 1 atom stereocenters. The second kappa shape index (κ2) is 6.31. The van der Waals surface area contributed by atoms with E-state index in [4.69, 9.17) is 5.11 Å². The van der Waals surface area contributed by atoms with Gasteiger partial charge in [-0.25, -0.2) is 8.42 Å². The number of hydrogen-bond donors (Lipinski definition) is 2. The van der Waals surface area contributed by atoms with E-state index in [0.29, 0.717) is 6.42 Å². The molecule has 0 aliphatic rings. The lowest BCUT2D eigenvalue weighted by Gasteiger charge is -2.12. The summed E-state index contributed by atoms with van der Waals surface area (Å²) >= 11 is 1.17. The van der Waals surface area contributed by atoms with Gasteiger partial charge in [0.2, 0.25) is 0 Å². The molecule has 5 nitrogen and oxygen atoms in total. The van der Waals surface area contributed by atoms with Crippen molar-refractivity contribution in [1.82, 2.24) is 4.72 Å². The molecule has 2 N–H and O–H groups in total. The van der Waals surface area contributed by atoms with Crippen LogP contribution in [0.25, 0.3) is 0 Å². The Kier molecular flexibility index (Phi) is 5.30. The van der Waals surface area contributed by atoms with E-state index < -0.39 is 22.0 Å². The van der Waals surface area contributed by atoms with Crippen molar-refractivity contribution >= 4 is 27.3 Å². The van der Waals surface area contributed by atoms with Crippen LogP contribution < -0.4 is 4.72 Å². The van der Waals surface area contributed by atoms with Crippen molar-refractivity contribution in [3.63, 3.8) is 0 Å². The monoisotopic (exact) mass is 291 g/mol. The minimum Gasteiger partial charge on any atom is -0.480 e. The van der Waals surface area contributed by atoms with Gasteiger partial charge in [0.05, 0.1) is 0 Å². The lowest BCUT2D eigenvalue weighted by Crippen LogP contribution is -2.40. The number of aliphatic carboxylic acids is 1. The number of nitrogens with one attached hydrogen (secondary N) is 1. The first-order valence-corrected chi connectivity index (χ1v) is 8.04. The highest BCUT2D eigenvalue weighted by Crippen LogP contribution is 2.22. The van der Waals surface area contributed by atoms with Gasteiger partial charge in [0.1, 0.15) is 10.3 Å². The van der Waals surface area contributed by atoms with Crippen molar-refractivity contribution in [3.8, 4) is 0 Å². The van der Waals surface area contributed by atoms with Crippen LogP contribution in [0.1, 0.15) is 31.6 Å². The largest absolute Gasteiger partial charge is 0.480 e. The third-order valence-electron chi connectivity index (χ3n) is 2.42. The van der Waals surface area contributed by atoms with Crippen LogP contribution in [-0.4, -0.2) is 25.5 Å². The third-order valence-corrected chi connectivity index (χ3v) is 5.62. The molecule has 1 aromatic heterocycles. The van der Waals surface area contributed by atoms with Crippen LogP contribution in [0, 0.1) is 0 Å². The van der Waals surface area contributed by atoms with Gasteiger partial charge in [-0.1, -0.05) is 20.3 Å². The molecule has 0 saturated heterocycles. The second-order valence-electron chi connectivity index (χ2n) is 3.88. The maximum Gasteiger partial charge on any atom is 0.321 e. The highest BCUT2D eigenvalue weighted by atomic mass is 32.2. The van der Waals surface area contributed by atoms with E-state index in [1.807, 2.05) is 13.8 Å². The summed E-state index contributed by atoms with van der Waals surface area (Å²) in [6.07, 6.45) is 1.64. The van der Waals surface area contributed by atoms with Crippen molar-refractivity contribution in [3.05, 3.63) is 17.0 Å². The Morgan fingerprint density at radius 1 is 1.44 bits per heavy atom. The molecule has 0 amide bonds. The molecular weight excluding hydrogens is 274 g/mol. The molecule has 1 rings (SSSR count). The molecule has 0 spiro atoms. The van der Waals surface area contributed by atoms with Gasteiger partial charge in [0.25, 0.3) is 10.0 Å². The zero-order valence-corrected chi connectivity index (χ0v) is 12.0.